The summed E-state index contributed by atoms with van der Waals surface area (Å²) in [6.45, 7) is 2.84. The van der Waals surface area contributed by atoms with E-state index < -0.39 is 0 Å². The van der Waals surface area contributed by atoms with Gasteiger partial charge in [0.05, 0.1) is 12.1 Å². The fraction of sp³-hybridized carbons (Fsp3) is 0.933. The molecule has 1 saturated heterocycles. The van der Waals surface area contributed by atoms with Crippen molar-refractivity contribution in [3.8, 4) is 0 Å². The lowest BCUT2D eigenvalue weighted by atomic mass is 9.83. The molecule has 0 spiro atoms. The van der Waals surface area contributed by atoms with Gasteiger partial charge in [-0.05, 0) is 38.5 Å². The lowest BCUT2D eigenvalue weighted by Gasteiger charge is -2.29. The van der Waals surface area contributed by atoms with Gasteiger partial charge in [-0.25, -0.2) is 0 Å². The van der Waals surface area contributed by atoms with E-state index in [4.69, 9.17) is 10.5 Å². The Kier molecular flexibility index (Phi) is 5.22. The molecule has 4 heteroatoms. The highest BCUT2D eigenvalue weighted by molar-refractivity contribution is 5.76. The molecule has 4 unspecified atom stereocenters. The second-order valence-electron chi connectivity index (χ2n) is 6.27. The zero-order chi connectivity index (χ0) is 13.8. The summed E-state index contributed by atoms with van der Waals surface area (Å²) in [6.07, 6.45) is 7.53. The summed E-state index contributed by atoms with van der Waals surface area (Å²) in [5.41, 5.74) is 6.00. The molecule has 2 fully saturated rings. The first kappa shape index (κ1) is 14.8. The van der Waals surface area contributed by atoms with Crippen molar-refractivity contribution in [2.75, 3.05) is 13.7 Å². The number of carbonyl (C=O) groups excluding carboxylic acids is 1. The number of ether oxygens (including phenoxy) is 1. The molecule has 0 bridgehead atoms. The molecule has 0 aromatic heterocycles. The number of carbonyl (C=O) groups is 1. The molecule has 1 aliphatic heterocycles. The summed E-state index contributed by atoms with van der Waals surface area (Å²) >= 11 is 0. The molecule has 1 aliphatic carbocycles. The fourth-order valence-electron chi connectivity index (χ4n) is 3.51. The Balaban J connectivity index is 1.74. The van der Waals surface area contributed by atoms with Crippen LogP contribution in [-0.2, 0) is 9.53 Å². The minimum Gasteiger partial charge on any atom is -0.376 e. The van der Waals surface area contributed by atoms with Crippen LogP contribution < -0.4 is 5.73 Å². The third-order valence-electron chi connectivity index (χ3n) is 4.82. The number of nitrogens with zero attached hydrogens (tertiary/aromatic N) is 1. The van der Waals surface area contributed by atoms with E-state index in [0.29, 0.717) is 18.4 Å². The Morgan fingerprint density at radius 2 is 2.16 bits per heavy atom. The average molecular weight is 268 g/mol. The second kappa shape index (κ2) is 6.71. The minimum absolute atomic E-state index is 0.178. The highest BCUT2D eigenvalue weighted by atomic mass is 16.5. The number of rotatable bonds is 4. The Labute approximate surface area is 116 Å². The van der Waals surface area contributed by atoms with E-state index in [1.807, 2.05) is 11.9 Å². The maximum atomic E-state index is 12.2. The van der Waals surface area contributed by atoms with Gasteiger partial charge in [-0.2, -0.15) is 0 Å². The van der Waals surface area contributed by atoms with E-state index in [2.05, 4.69) is 6.92 Å². The third-order valence-corrected chi connectivity index (χ3v) is 4.82. The molecule has 0 radical (unpaired) electrons. The molecule has 2 aliphatic rings. The number of amides is 1. The van der Waals surface area contributed by atoms with Crippen molar-refractivity contribution in [1.29, 1.82) is 0 Å². The lowest BCUT2D eigenvalue weighted by Crippen LogP contribution is -2.41. The maximum absolute atomic E-state index is 12.2. The second-order valence-corrected chi connectivity index (χ2v) is 6.27. The van der Waals surface area contributed by atoms with E-state index in [1.54, 1.807) is 0 Å². The molecule has 0 aromatic carbocycles. The highest BCUT2D eigenvalue weighted by Gasteiger charge is 2.30. The average Bonchev–Trinajstić information content (AvgIpc) is 2.81. The normalized spacial score (nSPS) is 35.3. The monoisotopic (exact) mass is 268 g/mol. The molecule has 0 aromatic rings. The minimum atomic E-state index is 0.178. The van der Waals surface area contributed by atoms with Gasteiger partial charge in [0.2, 0.25) is 5.91 Å². The molecule has 1 saturated carbocycles. The topological polar surface area (TPSA) is 55.6 Å². The maximum Gasteiger partial charge on any atom is 0.222 e. The van der Waals surface area contributed by atoms with Gasteiger partial charge in [0.25, 0.3) is 0 Å². The van der Waals surface area contributed by atoms with Gasteiger partial charge >= 0.3 is 0 Å². The largest absolute Gasteiger partial charge is 0.376 e. The molecule has 1 amide bonds. The van der Waals surface area contributed by atoms with Crippen molar-refractivity contribution in [2.45, 2.75) is 70.1 Å². The summed E-state index contributed by atoms with van der Waals surface area (Å²) in [4.78, 5) is 14.1. The van der Waals surface area contributed by atoms with Crippen LogP contribution in [0.15, 0.2) is 0 Å². The number of likely N-dealkylation sites (N-methyl/N-ethyl adjacent to an activating group) is 1. The smallest absolute Gasteiger partial charge is 0.222 e. The van der Waals surface area contributed by atoms with Crippen molar-refractivity contribution >= 4 is 5.91 Å². The summed E-state index contributed by atoms with van der Waals surface area (Å²) in [7, 11) is 1.92. The van der Waals surface area contributed by atoms with Crippen molar-refractivity contribution in [3.63, 3.8) is 0 Å². The Bertz CT molecular complexity index is 309. The van der Waals surface area contributed by atoms with Crippen LogP contribution in [0, 0.1) is 5.92 Å². The first-order valence-corrected chi connectivity index (χ1v) is 7.70. The van der Waals surface area contributed by atoms with E-state index in [-0.39, 0.29) is 18.1 Å². The molecular weight excluding hydrogens is 240 g/mol. The van der Waals surface area contributed by atoms with E-state index in [1.165, 1.54) is 12.8 Å². The van der Waals surface area contributed by atoms with Crippen molar-refractivity contribution in [2.24, 2.45) is 11.7 Å². The molecule has 4 nitrogen and oxygen atoms in total. The molecule has 2 rings (SSSR count). The van der Waals surface area contributed by atoms with Crippen LogP contribution in [0.3, 0.4) is 0 Å². The van der Waals surface area contributed by atoms with Gasteiger partial charge in [0.1, 0.15) is 0 Å². The van der Waals surface area contributed by atoms with E-state index in [0.717, 1.165) is 32.3 Å². The lowest BCUT2D eigenvalue weighted by molar-refractivity contribution is -0.133. The quantitative estimate of drug-likeness (QED) is 0.847. The predicted octanol–water partition coefficient (Wildman–Crippen LogP) is 1.92. The summed E-state index contributed by atoms with van der Waals surface area (Å²) in [6, 6.07) is 0.621. The van der Waals surface area contributed by atoms with Crippen LogP contribution in [0.1, 0.15) is 51.9 Å². The molecule has 19 heavy (non-hydrogen) atoms. The standard InChI is InChI=1S/C15H28N2O2/c1-11-14(8-9-19-11)17(2)15(18)7-6-12-4-3-5-13(16)10-12/h11-14H,3-10,16H2,1-2H3. The third kappa shape index (κ3) is 3.93. The van der Waals surface area contributed by atoms with Gasteiger partial charge < -0.3 is 15.4 Å². The van der Waals surface area contributed by atoms with Gasteiger partial charge in [-0.15, -0.1) is 0 Å². The first-order chi connectivity index (χ1) is 9.08. The molecule has 2 N–H and O–H groups in total. The van der Waals surface area contributed by atoms with Crippen LogP contribution in [0.5, 0.6) is 0 Å². The predicted molar refractivity (Wildman–Crippen MR) is 75.8 cm³/mol. The highest BCUT2D eigenvalue weighted by Crippen LogP contribution is 2.27. The summed E-state index contributed by atoms with van der Waals surface area (Å²) in [5, 5.41) is 0. The number of hydrogen-bond acceptors (Lipinski definition) is 3. The Morgan fingerprint density at radius 1 is 1.37 bits per heavy atom. The van der Waals surface area contributed by atoms with Gasteiger partial charge in [-0.3, -0.25) is 4.79 Å². The number of hydrogen-bond donors (Lipinski definition) is 1. The molecule has 4 atom stereocenters. The molecule has 1 heterocycles. The molecule has 110 valence electrons. The van der Waals surface area contributed by atoms with Crippen molar-refractivity contribution in [3.05, 3.63) is 0 Å². The van der Waals surface area contributed by atoms with Gasteiger partial charge in [-0.1, -0.05) is 12.8 Å². The van der Waals surface area contributed by atoms with Crippen LogP contribution in [0.4, 0.5) is 0 Å². The van der Waals surface area contributed by atoms with Crippen molar-refractivity contribution < 1.29 is 9.53 Å². The van der Waals surface area contributed by atoms with E-state index >= 15 is 0 Å². The zero-order valence-corrected chi connectivity index (χ0v) is 12.3. The first-order valence-electron chi connectivity index (χ1n) is 7.70. The van der Waals surface area contributed by atoms with Crippen LogP contribution in [0.25, 0.3) is 0 Å². The summed E-state index contributed by atoms with van der Waals surface area (Å²) in [5.74, 6) is 0.917. The summed E-state index contributed by atoms with van der Waals surface area (Å²) < 4.78 is 5.53. The SMILES string of the molecule is CC1OCCC1N(C)C(=O)CCC1CCCC(N)C1. The Hall–Kier alpha value is -0.610. The fourth-order valence-corrected chi connectivity index (χ4v) is 3.51. The zero-order valence-electron chi connectivity index (χ0n) is 12.3. The van der Waals surface area contributed by atoms with E-state index in [9.17, 15) is 4.79 Å². The van der Waals surface area contributed by atoms with Gasteiger partial charge in [0, 0.05) is 26.1 Å². The van der Waals surface area contributed by atoms with Crippen LogP contribution >= 0.6 is 0 Å². The molecular formula is C15H28N2O2. The van der Waals surface area contributed by atoms with Crippen molar-refractivity contribution in [1.82, 2.24) is 4.90 Å². The number of nitrogens with two attached hydrogens (primary N) is 1. The van der Waals surface area contributed by atoms with Crippen LogP contribution in [0.2, 0.25) is 0 Å². The van der Waals surface area contributed by atoms with Crippen LogP contribution in [-0.4, -0.2) is 42.6 Å². The Morgan fingerprint density at radius 3 is 2.79 bits per heavy atom. The van der Waals surface area contributed by atoms with Gasteiger partial charge in [0.15, 0.2) is 0 Å².